The van der Waals surface area contributed by atoms with Crippen LogP contribution in [0.2, 0.25) is 0 Å². The molecule has 2 heterocycles. The Balaban J connectivity index is 1.77. The van der Waals surface area contributed by atoms with Crippen LogP contribution >= 0.6 is 0 Å². The monoisotopic (exact) mass is 350 g/mol. The molecule has 2 atom stereocenters. The largest absolute Gasteiger partial charge is 0.337 e. The van der Waals surface area contributed by atoms with Crippen molar-refractivity contribution in [3.63, 3.8) is 0 Å². The van der Waals surface area contributed by atoms with Crippen molar-refractivity contribution >= 4 is 9.84 Å². The van der Waals surface area contributed by atoms with Crippen LogP contribution in [0.3, 0.4) is 0 Å². The molecule has 1 saturated heterocycles. The summed E-state index contributed by atoms with van der Waals surface area (Å²) in [6.07, 6.45) is 2.04. The van der Waals surface area contributed by atoms with E-state index in [0.29, 0.717) is 17.8 Å². The molecule has 7 nitrogen and oxygen atoms in total. The molecule has 0 spiro atoms. The Hall–Kier alpha value is -1.77. The average molecular weight is 350 g/mol. The first-order valence-corrected chi connectivity index (χ1v) is 9.69. The maximum absolute atomic E-state index is 11.5. The number of nitrogens with one attached hydrogen (secondary N) is 2. The van der Waals surface area contributed by atoms with Gasteiger partial charge >= 0.3 is 0 Å². The highest BCUT2D eigenvalue weighted by Gasteiger charge is 2.35. The van der Waals surface area contributed by atoms with Gasteiger partial charge in [0.25, 0.3) is 0 Å². The molecule has 2 N–H and O–H groups in total. The fourth-order valence-electron chi connectivity index (χ4n) is 2.63. The smallest absolute Gasteiger partial charge is 0.245 e. The number of hydrogen-bond donors (Lipinski definition) is 2. The van der Waals surface area contributed by atoms with Gasteiger partial charge in [-0.05, 0) is 36.1 Å². The van der Waals surface area contributed by atoms with Gasteiger partial charge in [0.2, 0.25) is 11.7 Å². The minimum absolute atomic E-state index is 0.0363. The van der Waals surface area contributed by atoms with Gasteiger partial charge in [-0.3, -0.25) is 5.43 Å². The SMILES string of the molecule is CC(C)(C)C1CC(c2nc(-c3ccc(S(C)(=O)=O)cc3)no2)NN1. The van der Waals surface area contributed by atoms with Gasteiger partial charge in [-0.2, -0.15) is 4.98 Å². The van der Waals surface area contributed by atoms with Crippen LogP contribution in [0.15, 0.2) is 33.7 Å². The van der Waals surface area contributed by atoms with Gasteiger partial charge in [0.05, 0.1) is 4.90 Å². The molecular weight excluding hydrogens is 328 g/mol. The van der Waals surface area contributed by atoms with E-state index in [1.807, 2.05) is 0 Å². The average Bonchev–Trinajstić information content (AvgIpc) is 3.15. The topological polar surface area (TPSA) is 97.1 Å². The van der Waals surface area contributed by atoms with E-state index in [2.05, 4.69) is 41.8 Å². The van der Waals surface area contributed by atoms with Crippen LogP contribution in [-0.2, 0) is 9.84 Å². The Bertz CT molecular complexity index is 822. The number of rotatable bonds is 3. The Kier molecular flexibility index (Phi) is 4.23. The second kappa shape index (κ2) is 5.94. The first kappa shape index (κ1) is 17.1. The second-order valence-corrected chi connectivity index (χ2v) is 9.26. The van der Waals surface area contributed by atoms with Gasteiger partial charge in [-0.1, -0.05) is 25.9 Å². The summed E-state index contributed by atoms with van der Waals surface area (Å²) < 4.78 is 28.4. The molecule has 24 heavy (non-hydrogen) atoms. The van der Waals surface area contributed by atoms with Gasteiger partial charge in [-0.15, -0.1) is 0 Å². The number of nitrogens with zero attached hydrogens (tertiary/aromatic N) is 2. The number of sulfone groups is 1. The van der Waals surface area contributed by atoms with Crippen LogP contribution < -0.4 is 10.9 Å². The molecule has 0 amide bonds. The van der Waals surface area contributed by atoms with Crippen molar-refractivity contribution in [2.45, 2.75) is 44.2 Å². The molecule has 0 bridgehead atoms. The number of aromatic nitrogens is 2. The normalized spacial score (nSPS) is 22.0. The number of hydrazine groups is 1. The molecule has 8 heteroatoms. The van der Waals surface area contributed by atoms with Crippen LogP contribution in [0.5, 0.6) is 0 Å². The van der Waals surface area contributed by atoms with Gasteiger partial charge in [-0.25, -0.2) is 13.8 Å². The summed E-state index contributed by atoms with van der Waals surface area (Å²) in [5.41, 5.74) is 7.32. The number of hydrogen-bond acceptors (Lipinski definition) is 7. The van der Waals surface area contributed by atoms with Crippen molar-refractivity contribution in [3.05, 3.63) is 30.2 Å². The lowest BCUT2D eigenvalue weighted by Gasteiger charge is -2.25. The summed E-state index contributed by atoms with van der Waals surface area (Å²) in [4.78, 5) is 4.71. The van der Waals surface area contributed by atoms with E-state index in [9.17, 15) is 8.42 Å². The highest BCUT2D eigenvalue weighted by atomic mass is 32.2. The van der Waals surface area contributed by atoms with Crippen molar-refractivity contribution in [2.24, 2.45) is 5.41 Å². The molecule has 1 aromatic heterocycles. The maximum atomic E-state index is 11.5. The lowest BCUT2D eigenvalue weighted by atomic mass is 9.84. The molecule has 130 valence electrons. The third kappa shape index (κ3) is 3.50. The van der Waals surface area contributed by atoms with Gasteiger partial charge < -0.3 is 4.52 Å². The molecular formula is C16H22N4O3S. The van der Waals surface area contributed by atoms with Crippen molar-refractivity contribution in [3.8, 4) is 11.4 Å². The Morgan fingerprint density at radius 3 is 2.38 bits per heavy atom. The first-order valence-electron chi connectivity index (χ1n) is 7.80. The minimum Gasteiger partial charge on any atom is -0.337 e. The van der Waals surface area contributed by atoms with E-state index >= 15 is 0 Å². The Morgan fingerprint density at radius 1 is 1.17 bits per heavy atom. The predicted molar refractivity (Wildman–Crippen MR) is 89.7 cm³/mol. The molecule has 2 unspecified atom stereocenters. The van der Waals surface area contributed by atoms with Crippen molar-refractivity contribution < 1.29 is 12.9 Å². The van der Waals surface area contributed by atoms with E-state index in [1.165, 1.54) is 6.26 Å². The zero-order chi connectivity index (χ0) is 17.5. The predicted octanol–water partition coefficient (Wildman–Crippen LogP) is 2.09. The summed E-state index contributed by atoms with van der Waals surface area (Å²) >= 11 is 0. The van der Waals surface area contributed by atoms with Crippen LogP contribution in [0.25, 0.3) is 11.4 Å². The molecule has 1 aliphatic rings. The van der Waals surface area contributed by atoms with Gasteiger partial charge in [0.15, 0.2) is 9.84 Å². The van der Waals surface area contributed by atoms with Crippen LogP contribution in [-0.4, -0.2) is 30.9 Å². The fourth-order valence-corrected chi connectivity index (χ4v) is 3.26. The van der Waals surface area contributed by atoms with E-state index in [-0.39, 0.29) is 16.4 Å². The third-order valence-electron chi connectivity index (χ3n) is 4.23. The zero-order valence-electron chi connectivity index (χ0n) is 14.2. The lowest BCUT2D eigenvalue weighted by Crippen LogP contribution is -2.39. The van der Waals surface area contributed by atoms with Crippen molar-refractivity contribution in [1.29, 1.82) is 0 Å². The highest BCUT2D eigenvalue weighted by Crippen LogP contribution is 2.31. The van der Waals surface area contributed by atoms with Crippen molar-refractivity contribution in [1.82, 2.24) is 21.0 Å². The third-order valence-corrected chi connectivity index (χ3v) is 5.36. The van der Waals surface area contributed by atoms with Crippen LogP contribution in [0.1, 0.15) is 39.1 Å². The zero-order valence-corrected chi connectivity index (χ0v) is 15.0. The van der Waals surface area contributed by atoms with Crippen LogP contribution in [0.4, 0.5) is 0 Å². The van der Waals surface area contributed by atoms with E-state index in [4.69, 9.17) is 4.52 Å². The summed E-state index contributed by atoms with van der Waals surface area (Å²) in [5.74, 6) is 0.975. The van der Waals surface area contributed by atoms with E-state index in [0.717, 1.165) is 12.0 Å². The second-order valence-electron chi connectivity index (χ2n) is 7.25. The maximum Gasteiger partial charge on any atom is 0.245 e. The van der Waals surface area contributed by atoms with Gasteiger partial charge in [0.1, 0.15) is 6.04 Å². The fraction of sp³-hybridized carbons (Fsp3) is 0.500. The van der Waals surface area contributed by atoms with Crippen LogP contribution in [0, 0.1) is 5.41 Å². The molecule has 3 rings (SSSR count). The standard InChI is InChI=1S/C16H22N4O3S/c1-16(2,3)13-9-12(18-19-13)15-17-14(20-23-15)10-5-7-11(8-6-10)24(4,21)22/h5-8,12-13,18-19H,9H2,1-4H3. The molecule has 1 aliphatic heterocycles. The Labute approximate surface area is 141 Å². The molecule has 1 fully saturated rings. The van der Waals surface area contributed by atoms with E-state index < -0.39 is 9.84 Å². The molecule has 0 radical (unpaired) electrons. The molecule has 0 saturated carbocycles. The number of benzene rings is 1. The summed E-state index contributed by atoms with van der Waals surface area (Å²) in [5, 5.41) is 4.01. The minimum atomic E-state index is -3.21. The van der Waals surface area contributed by atoms with E-state index in [1.54, 1.807) is 24.3 Å². The molecule has 2 aromatic rings. The molecule has 1 aromatic carbocycles. The summed E-state index contributed by atoms with van der Waals surface area (Å²) in [6.45, 7) is 6.53. The quantitative estimate of drug-likeness (QED) is 0.875. The summed E-state index contributed by atoms with van der Waals surface area (Å²) in [6, 6.07) is 6.74. The summed E-state index contributed by atoms with van der Waals surface area (Å²) in [7, 11) is -3.21. The molecule has 0 aliphatic carbocycles. The van der Waals surface area contributed by atoms with Gasteiger partial charge in [0, 0.05) is 17.9 Å². The van der Waals surface area contributed by atoms with Crippen molar-refractivity contribution in [2.75, 3.05) is 6.26 Å². The first-order chi connectivity index (χ1) is 11.1. The Morgan fingerprint density at radius 2 is 1.83 bits per heavy atom. The lowest BCUT2D eigenvalue weighted by molar-refractivity contribution is 0.284. The highest BCUT2D eigenvalue weighted by molar-refractivity contribution is 7.90.